The van der Waals surface area contributed by atoms with Crippen molar-refractivity contribution in [1.29, 1.82) is 0 Å². The standard InChI is InChI=1S/C9H5ClN4/c10-8-7-5-1-2-11-9(5)12-3-6(7)13-4-14-8/h1-4H,(H,13,14). The Morgan fingerprint density at radius 3 is 3.07 bits per heavy atom. The minimum Gasteiger partial charge on any atom is -0.336 e. The average molecular weight is 205 g/mol. The third-order valence-corrected chi connectivity index (χ3v) is 2.43. The predicted octanol–water partition coefficient (Wildman–Crippen LogP) is 2.16. The summed E-state index contributed by atoms with van der Waals surface area (Å²) in [5, 5.41) is 2.36. The molecule has 0 saturated carbocycles. The summed E-state index contributed by atoms with van der Waals surface area (Å²) in [5.74, 6) is 0. The molecule has 0 fully saturated rings. The van der Waals surface area contributed by atoms with Gasteiger partial charge in [-0.2, -0.15) is 0 Å². The van der Waals surface area contributed by atoms with E-state index in [1.807, 2.05) is 6.07 Å². The van der Waals surface area contributed by atoms with Gasteiger partial charge in [0.05, 0.1) is 18.0 Å². The summed E-state index contributed by atoms with van der Waals surface area (Å²) in [7, 11) is 0. The summed E-state index contributed by atoms with van der Waals surface area (Å²) in [6.45, 7) is 0. The van der Waals surface area contributed by atoms with E-state index in [1.165, 1.54) is 0 Å². The molecular formula is C9H5ClN4. The molecule has 0 aliphatic heterocycles. The Hall–Kier alpha value is -1.68. The monoisotopic (exact) mass is 204 g/mol. The van der Waals surface area contributed by atoms with Crippen LogP contribution in [0.2, 0.25) is 5.15 Å². The minimum absolute atomic E-state index is 0.565. The van der Waals surface area contributed by atoms with Crippen LogP contribution >= 0.6 is 11.6 Å². The molecule has 5 heteroatoms. The number of nitrogens with zero attached hydrogens (tertiary/aromatic N) is 3. The fraction of sp³-hybridized carbons (Fsp3) is 0. The van der Waals surface area contributed by atoms with Crippen LogP contribution in [0.1, 0.15) is 0 Å². The van der Waals surface area contributed by atoms with E-state index in [0.717, 1.165) is 16.3 Å². The molecule has 3 rings (SSSR count). The second-order valence-corrected chi connectivity index (χ2v) is 3.30. The highest BCUT2D eigenvalue weighted by molar-refractivity contribution is 6.36. The van der Waals surface area contributed by atoms with Crippen LogP contribution in [-0.4, -0.2) is 19.9 Å². The van der Waals surface area contributed by atoms with E-state index in [4.69, 9.17) is 11.6 Å². The lowest BCUT2D eigenvalue weighted by molar-refractivity contribution is 1.21. The van der Waals surface area contributed by atoms with Gasteiger partial charge in [-0.05, 0) is 6.07 Å². The fourth-order valence-electron chi connectivity index (χ4n) is 1.51. The summed E-state index contributed by atoms with van der Waals surface area (Å²) >= 11 is 6.04. The van der Waals surface area contributed by atoms with Crippen LogP contribution in [0.15, 0.2) is 24.8 Å². The van der Waals surface area contributed by atoms with E-state index in [0.29, 0.717) is 10.8 Å². The lowest BCUT2D eigenvalue weighted by atomic mass is 10.2. The van der Waals surface area contributed by atoms with E-state index >= 15 is 0 Å². The van der Waals surface area contributed by atoms with Gasteiger partial charge >= 0.3 is 0 Å². The van der Waals surface area contributed by atoms with Crippen LogP contribution < -0.4 is 0 Å². The maximum atomic E-state index is 6.04. The second-order valence-electron chi connectivity index (χ2n) is 2.92. The topological polar surface area (TPSA) is 54.5 Å². The van der Waals surface area contributed by atoms with Crippen molar-refractivity contribution < 1.29 is 0 Å². The Morgan fingerprint density at radius 1 is 1.21 bits per heavy atom. The van der Waals surface area contributed by atoms with Gasteiger partial charge in [0, 0.05) is 17.0 Å². The first-order valence-corrected chi connectivity index (χ1v) is 4.46. The van der Waals surface area contributed by atoms with Crippen LogP contribution in [0, 0.1) is 0 Å². The van der Waals surface area contributed by atoms with Gasteiger partial charge in [0.2, 0.25) is 0 Å². The normalized spacial score (nSPS) is 11.2. The summed E-state index contributed by atoms with van der Waals surface area (Å²) in [5.41, 5.74) is 1.47. The first-order valence-electron chi connectivity index (χ1n) is 4.08. The van der Waals surface area contributed by atoms with Gasteiger partial charge in [0.25, 0.3) is 0 Å². The molecule has 0 spiro atoms. The van der Waals surface area contributed by atoms with Crippen LogP contribution in [0.3, 0.4) is 0 Å². The zero-order valence-corrected chi connectivity index (χ0v) is 7.78. The fourth-order valence-corrected chi connectivity index (χ4v) is 1.76. The zero-order valence-electron chi connectivity index (χ0n) is 7.03. The number of fused-ring (bicyclic) bond motifs is 3. The number of rotatable bonds is 0. The van der Waals surface area contributed by atoms with Crippen LogP contribution in [0.25, 0.3) is 21.9 Å². The largest absolute Gasteiger partial charge is 0.336 e. The number of nitrogens with one attached hydrogen (secondary N) is 1. The van der Waals surface area contributed by atoms with E-state index in [2.05, 4.69) is 19.9 Å². The molecular weight excluding hydrogens is 200 g/mol. The molecule has 68 valence electrons. The van der Waals surface area contributed by atoms with Gasteiger partial charge in [-0.15, -0.1) is 0 Å². The summed E-state index contributed by atoms with van der Waals surface area (Å²) in [6, 6.07) is 1.88. The quantitative estimate of drug-likeness (QED) is 0.571. The predicted molar refractivity (Wildman–Crippen MR) is 54.2 cm³/mol. The van der Waals surface area contributed by atoms with Gasteiger partial charge in [-0.3, -0.25) is 0 Å². The van der Waals surface area contributed by atoms with E-state index in [9.17, 15) is 0 Å². The average Bonchev–Trinajstić information content (AvgIpc) is 2.65. The lowest BCUT2D eigenvalue weighted by Crippen LogP contribution is -1.86. The SMILES string of the molecule is Clc1[nH]cnc2cnc3nccc3c12. The maximum absolute atomic E-state index is 6.04. The Kier molecular flexibility index (Phi) is 1.46. The second kappa shape index (κ2) is 2.65. The maximum Gasteiger partial charge on any atom is 0.160 e. The zero-order chi connectivity index (χ0) is 9.54. The van der Waals surface area contributed by atoms with Gasteiger partial charge < -0.3 is 4.98 Å². The molecule has 1 N–H and O–H groups in total. The molecule has 3 aromatic heterocycles. The van der Waals surface area contributed by atoms with Crippen molar-refractivity contribution in [3.05, 3.63) is 29.9 Å². The minimum atomic E-state index is 0.565. The van der Waals surface area contributed by atoms with Crippen molar-refractivity contribution in [2.75, 3.05) is 0 Å². The van der Waals surface area contributed by atoms with Crippen molar-refractivity contribution >= 4 is 33.5 Å². The first kappa shape index (κ1) is 7.70. The Morgan fingerprint density at radius 2 is 2.14 bits per heavy atom. The number of pyridine rings is 1. The molecule has 0 saturated heterocycles. The molecule has 0 aliphatic carbocycles. The van der Waals surface area contributed by atoms with Gasteiger partial charge in [-0.1, -0.05) is 11.6 Å². The van der Waals surface area contributed by atoms with Gasteiger partial charge in [0.1, 0.15) is 5.15 Å². The van der Waals surface area contributed by atoms with Crippen LogP contribution in [0.5, 0.6) is 0 Å². The van der Waals surface area contributed by atoms with E-state index in [1.54, 1.807) is 18.7 Å². The molecule has 4 nitrogen and oxygen atoms in total. The number of halogens is 1. The molecule has 0 aromatic carbocycles. The highest BCUT2D eigenvalue weighted by atomic mass is 35.5. The lowest BCUT2D eigenvalue weighted by Gasteiger charge is -1.99. The van der Waals surface area contributed by atoms with Crippen LogP contribution in [-0.2, 0) is 0 Å². The third-order valence-electron chi connectivity index (χ3n) is 2.13. The number of hydrogen-bond acceptors (Lipinski definition) is 3. The Balaban J connectivity index is 2.67. The molecule has 0 amide bonds. The molecule has 0 atom stereocenters. The highest BCUT2D eigenvalue weighted by Crippen LogP contribution is 2.25. The summed E-state index contributed by atoms with van der Waals surface area (Å²) < 4.78 is 0. The van der Waals surface area contributed by atoms with Crippen molar-refractivity contribution in [1.82, 2.24) is 19.9 Å². The molecule has 14 heavy (non-hydrogen) atoms. The first-order chi connectivity index (χ1) is 6.86. The van der Waals surface area contributed by atoms with E-state index in [-0.39, 0.29) is 0 Å². The number of aromatic nitrogens is 4. The Labute approximate surface area is 84.0 Å². The van der Waals surface area contributed by atoms with Gasteiger partial charge in [0.15, 0.2) is 5.65 Å². The van der Waals surface area contributed by atoms with Gasteiger partial charge in [-0.25, -0.2) is 15.0 Å². The number of aromatic amines is 1. The molecule has 0 bridgehead atoms. The van der Waals surface area contributed by atoms with Crippen molar-refractivity contribution in [2.24, 2.45) is 0 Å². The smallest absolute Gasteiger partial charge is 0.160 e. The van der Waals surface area contributed by atoms with Crippen molar-refractivity contribution in [3.8, 4) is 0 Å². The summed E-state index contributed by atoms with van der Waals surface area (Å²) in [4.78, 5) is 15.3. The molecule has 3 aromatic rings. The van der Waals surface area contributed by atoms with Crippen molar-refractivity contribution in [2.45, 2.75) is 0 Å². The molecule has 0 radical (unpaired) electrons. The highest BCUT2D eigenvalue weighted by Gasteiger charge is 2.07. The number of H-pyrrole nitrogens is 1. The summed E-state index contributed by atoms with van der Waals surface area (Å²) in [6.07, 6.45) is 4.93. The molecule has 0 unspecified atom stereocenters. The molecule has 3 heterocycles. The Bertz CT molecular complexity index is 616. The number of hydrogen-bond donors (Lipinski definition) is 1. The van der Waals surface area contributed by atoms with Crippen LogP contribution in [0.4, 0.5) is 0 Å². The third kappa shape index (κ3) is 0.914. The van der Waals surface area contributed by atoms with Crippen molar-refractivity contribution in [3.63, 3.8) is 0 Å². The van der Waals surface area contributed by atoms with E-state index < -0.39 is 0 Å². The molecule has 0 aliphatic rings.